The normalized spacial score (nSPS) is 29.1. The highest BCUT2D eigenvalue weighted by Crippen LogP contribution is 2.53. The van der Waals surface area contributed by atoms with Gasteiger partial charge in [0.25, 0.3) is 0 Å². The number of hydrogen-bond acceptors (Lipinski definition) is 3. The molecule has 35 heavy (non-hydrogen) atoms. The van der Waals surface area contributed by atoms with Gasteiger partial charge in [0.05, 0.1) is 0 Å². The van der Waals surface area contributed by atoms with Gasteiger partial charge in [0.2, 0.25) is 5.91 Å². The summed E-state index contributed by atoms with van der Waals surface area (Å²) in [5.74, 6) is 1.20. The van der Waals surface area contributed by atoms with Crippen molar-refractivity contribution in [1.82, 2.24) is 10.2 Å². The molecule has 0 radical (unpaired) electrons. The zero-order valence-corrected chi connectivity index (χ0v) is 20.1. The lowest BCUT2D eigenvalue weighted by Gasteiger charge is -2.61. The molecule has 1 N–H and O–H groups in total. The van der Waals surface area contributed by atoms with Gasteiger partial charge in [-0.2, -0.15) is 0 Å². The molecule has 1 aliphatic carbocycles. The molecule has 7 rings (SSSR count). The van der Waals surface area contributed by atoms with E-state index < -0.39 is 5.54 Å². The second-order valence-electron chi connectivity index (χ2n) is 10.4. The Hall–Kier alpha value is -3.24. The van der Waals surface area contributed by atoms with Gasteiger partial charge in [-0.3, -0.25) is 14.7 Å². The summed E-state index contributed by atoms with van der Waals surface area (Å²) in [6, 6.07) is 31.8. The van der Waals surface area contributed by atoms with E-state index in [2.05, 4.69) is 89.2 Å². The maximum absolute atomic E-state index is 14.1. The zero-order valence-electron chi connectivity index (χ0n) is 20.1. The fourth-order valence-corrected chi connectivity index (χ4v) is 6.85. The average Bonchev–Trinajstić information content (AvgIpc) is 2.92. The van der Waals surface area contributed by atoms with Crippen LogP contribution in [0.4, 0.5) is 0 Å². The van der Waals surface area contributed by atoms with E-state index in [1.165, 1.54) is 11.1 Å². The van der Waals surface area contributed by atoms with Gasteiger partial charge in [-0.1, -0.05) is 91.0 Å². The lowest BCUT2D eigenvalue weighted by molar-refractivity contribution is -0.144. The minimum atomic E-state index is -0.712. The van der Waals surface area contributed by atoms with Crippen molar-refractivity contribution >= 4 is 12.1 Å². The number of hydrogen-bond donors (Lipinski definition) is 1. The second-order valence-corrected chi connectivity index (χ2v) is 10.4. The molecule has 0 spiro atoms. The van der Waals surface area contributed by atoms with Crippen LogP contribution in [-0.2, 0) is 24.3 Å². The third-order valence-electron chi connectivity index (χ3n) is 8.43. The van der Waals surface area contributed by atoms with Crippen LogP contribution < -0.4 is 5.32 Å². The summed E-state index contributed by atoms with van der Waals surface area (Å²) >= 11 is 0. The van der Waals surface area contributed by atoms with Gasteiger partial charge < -0.3 is 5.32 Å². The number of piperidine rings is 1. The van der Waals surface area contributed by atoms with E-state index >= 15 is 0 Å². The standard InChI is InChI=1S/C31H33N3O/c35-30(32-20-24-12-6-2-7-13-24)31-27-16-17-34(22-25-14-8-3-9-15-25)29(31)28(26(19-27)21-33-31)18-23-10-4-1-5-11-23/h1-15,21,26-29H,16-20,22H2,(H,32,35). The number of nitrogens with zero attached hydrogens (tertiary/aromatic N) is 2. The largest absolute Gasteiger partial charge is 0.350 e. The van der Waals surface area contributed by atoms with Crippen LogP contribution in [0.3, 0.4) is 0 Å². The first-order chi connectivity index (χ1) is 17.2. The summed E-state index contributed by atoms with van der Waals surface area (Å²) in [5, 5.41) is 3.30. The van der Waals surface area contributed by atoms with Crippen LogP contribution in [0.15, 0.2) is 96.0 Å². The van der Waals surface area contributed by atoms with Crippen molar-refractivity contribution in [3.05, 3.63) is 108 Å². The molecule has 3 aromatic rings. The van der Waals surface area contributed by atoms with Crippen molar-refractivity contribution in [3.63, 3.8) is 0 Å². The van der Waals surface area contributed by atoms with Crippen molar-refractivity contribution in [2.75, 3.05) is 6.54 Å². The lowest BCUT2D eigenvalue weighted by atomic mass is 9.54. The van der Waals surface area contributed by atoms with Gasteiger partial charge in [0.15, 0.2) is 5.54 Å². The van der Waals surface area contributed by atoms with Crippen molar-refractivity contribution in [2.24, 2.45) is 22.7 Å². The highest BCUT2D eigenvalue weighted by Gasteiger charge is 2.64. The van der Waals surface area contributed by atoms with E-state index in [-0.39, 0.29) is 11.9 Å². The predicted molar refractivity (Wildman–Crippen MR) is 140 cm³/mol. The molecule has 4 bridgehead atoms. The summed E-state index contributed by atoms with van der Waals surface area (Å²) in [6.45, 7) is 2.42. The van der Waals surface area contributed by atoms with Crippen LogP contribution in [0.25, 0.3) is 0 Å². The van der Waals surface area contributed by atoms with E-state index in [4.69, 9.17) is 4.99 Å². The Kier molecular flexibility index (Phi) is 5.99. The molecule has 1 saturated carbocycles. The first kappa shape index (κ1) is 22.2. The minimum Gasteiger partial charge on any atom is -0.350 e. The van der Waals surface area contributed by atoms with Crippen molar-refractivity contribution in [2.45, 2.75) is 43.9 Å². The topological polar surface area (TPSA) is 44.7 Å². The van der Waals surface area contributed by atoms with E-state index in [1.807, 2.05) is 18.2 Å². The van der Waals surface area contributed by atoms with Gasteiger partial charge in [0.1, 0.15) is 0 Å². The van der Waals surface area contributed by atoms with Crippen LogP contribution >= 0.6 is 0 Å². The number of carbonyl (C=O) groups excluding carboxylic acids is 1. The second kappa shape index (κ2) is 9.43. The Morgan fingerprint density at radius 3 is 2.20 bits per heavy atom. The first-order valence-corrected chi connectivity index (χ1v) is 12.9. The molecular formula is C31H33N3O. The van der Waals surface area contributed by atoms with Crippen molar-refractivity contribution in [3.8, 4) is 0 Å². The molecule has 1 saturated heterocycles. The molecule has 1 amide bonds. The maximum atomic E-state index is 14.1. The third-order valence-corrected chi connectivity index (χ3v) is 8.43. The van der Waals surface area contributed by atoms with E-state index in [0.717, 1.165) is 37.9 Å². The number of benzene rings is 3. The SMILES string of the molecule is O=C(NCc1ccccc1)C12N=CC3CC1CCN(Cc1ccccc1)C2C3Cc1ccccc1. The molecule has 5 atom stereocenters. The van der Waals surface area contributed by atoms with Crippen LogP contribution in [0.1, 0.15) is 29.5 Å². The molecule has 178 valence electrons. The quantitative estimate of drug-likeness (QED) is 0.542. The van der Waals surface area contributed by atoms with Crippen LogP contribution in [0.5, 0.6) is 0 Å². The van der Waals surface area contributed by atoms with Gasteiger partial charge in [-0.05, 0) is 60.3 Å². The molecule has 5 unspecified atom stereocenters. The molecule has 4 nitrogen and oxygen atoms in total. The van der Waals surface area contributed by atoms with E-state index in [0.29, 0.717) is 24.3 Å². The molecule has 3 aromatic carbocycles. The molecule has 0 aromatic heterocycles. The third kappa shape index (κ3) is 4.10. The number of nitrogens with one attached hydrogen (secondary N) is 1. The minimum absolute atomic E-state index is 0.0983. The molecular weight excluding hydrogens is 430 g/mol. The number of amides is 1. The summed E-state index contributed by atoms with van der Waals surface area (Å²) in [5.41, 5.74) is 3.06. The zero-order chi connectivity index (χ0) is 23.7. The summed E-state index contributed by atoms with van der Waals surface area (Å²) in [7, 11) is 0. The molecule has 3 heterocycles. The number of rotatable bonds is 7. The molecule has 2 fully saturated rings. The Balaban J connectivity index is 1.35. The number of aliphatic imine (C=N–C) groups is 1. The number of likely N-dealkylation sites (tertiary alicyclic amines) is 1. The predicted octanol–water partition coefficient (Wildman–Crippen LogP) is 4.90. The summed E-state index contributed by atoms with van der Waals surface area (Å²) < 4.78 is 0. The van der Waals surface area contributed by atoms with Gasteiger partial charge >= 0.3 is 0 Å². The fraction of sp³-hybridized carbons (Fsp3) is 0.355. The Morgan fingerprint density at radius 1 is 0.886 bits per heavy atom. The molecule has 4 heteroatoms. The Labute approximate surface area is 208 Å². The van der Waals surface area contributed by atoms with Crippen LogP contribution in [0, 0.1) is 17.8 Å². The van der Waals surface area contributed by atoms with Crippen LogP contribution in [0.2, 0.25) is 0 Å². The smallest absolute Gasteiger partial charge is 0.250 e. The average molecular weight is 464 g/mol. The first-order valence-electron chi connectivity index (χ1n) is 12.9. The van der Waals surface area contributed by atoms with Crippen molar-refractivity contribution in [1.29, 1.82) is 0 Å². The highest BCUT2D eigenvalue weighted by atomic mass is 16.2. The maximum Gasteiger partial charge on any atom is 0.250 e. The Bertz CT molecular complexity index is 1180. The molecule has 4 aliphatic rings. The summed E-state index contributed by atoms with van der Waals surface area (Å²) in [4.78, 5) is 21.8. The fourth-order valence-electron chi connectivity index (χ4n) is 6.85. The summed E-state index contributed by atoms with van der Waals surface area (Å²) in [6.07, 6.45) is 5.20. The van der Waals surface area contributed by atoms with Gasteiger partial charge in [-0.25, -0.2) is 0 Å². The van der Waals surface area contributed by atoms with E-state index in [1.54, 1.807) is 0 Å². The van der Waals surface area contributed by atoms with Gasteiger partial charge in [0, 0.05) is 25.3 Å². The monoisotopic (exact) mass is 463 g/mol. The highest BCUT2D eigenvalue weighted by molar-refractivity contribution is 5.91. The van der Waals surface area contributed by atoms with Crippen molar-refractivity contribution < 1.29 is 4.79 Å². The van der Waals surface area contributed by atoms with E-state index in [9.17, 15) is 4.79 Å². The Morgan fingerprint density at radius 2 is 1.51 bits per heavy atom. The van der Waals surface area contributed by atoms with Gasteiger partial charge in [-0.15, -0.1) is 0 Å². The lowest BCUT2D eigenvalue weighted by Crippen LogP contribution is -2.74. The number of carbonyl (C=O) groups is 1. The van der Waals surface area contributed by atoms with Crippen LogP contribution in [-0.4, -0.2) is 35.1 Å². The molecule has 3 aliphatic heterocycles.